The van der Waals surface area contributed by atoms with Gasteiger partial charge in [-0.2, -0.15) is 0 Å². The van der Waals surface area contributed by atoms with Gasteiger partial charge in [-0.15, -0.1) is 0 Å². The Balaban J connectivity index is 1.34. The van der Waals surface area contributed by atoms with Gasteiger partial charge in [-0.25, -0.2) is 4.98 Å². The zero-order chi connectivity index (χ0) is 20.8. The molecule has 3 heterocycles. The van der Waals surface area contributed by atoms with Crippen molar-refractivity contribution >= 4 is 16.8 Å². The molecule has 9 heteroatoms. The van der Waals surface area contributed by atoms with E-state index in [1.807, 2.05) is 0 Å². The minimum absolute atomic E-state index is 0.0716. The zero-order valence-electron chi connectivity index (χ0n) is 16.5. The van der Waals surface area contributed by atoms with Gasteiger partial charge in [0.25, 0.3) is 11.5 Å². The minimum atomic E-state index is -0.241. The topological polar surface area (TPSA) is 109 Å². The maximum atomic E-state index is 12.4. The summed E-state index contributed by atoms with van der Waals surface area (Å²) in [6, 6.07) is 8.54. The number of aromatic amines is 1. The van der Waals surface area contributed by atoms with Crippen LogP contribution in [0.1, 0.15) is 16.2 Å². The molecular weight excluding hydrogens is 386 g/mol. The number of morpholine rings is 1. The lowest BCUT2D eigenvalue weighted by Gasteiger charge is -2.26. The van der Waals surface area contributed by atoms with Crippen LogP contribution in [0.4, 0.5) is 0 Å². The normalized spacial score (nSPS) is 14.5. The van der Waals surface area contributed by atoms with Crippen LogP contribution in [0.25, 0.3) is 10.9 Å². The number of pyridine rings is 1. The standard InChI is InChI=1S/C21H23N5O4/c27-20(23-6-7-26-8-10-29-11-9-26)15-2-1-3-16(12-15)30-14-19-24-18-13-22-5-4-17(18)21(28)25-19/h1-5,12-13H,6-11,14H2,(H,23,27)(H,24,25,28). The van der Waals surface area contributed by atoms with Crippen molar-refractivity contribution in [3.8, 4) is 5.75 Å². The highest BCUT2D eigenvalue weighted by molar-refractivity contribution is 5.94. The molecule has 1 aromatic carbocycles. The molecule has 4 rings (SSSR count). The van der Waals surface area contributed by atoms with Crippen molar-refractivity contribution in [3.63, 3.8) is 0 Å². The number of amides is 1. The maximum absolute atomic E-state index is 12.4. The molecule has 9 nitrogen and oxygen atoms in total. The first-order valence-corrected chi connectivity index (χ1v) is 9.83. The molecule has 0 radical (unpaired) electrons. The number of hydrogen-bond donors (Lipinski definition) is 2. The number of benzene rings is 1. The Morgan fingerprint density at radius 1 is 1.27 bits per heavy atom. The number of ether oxygens (including phenoxy) is 2. The predicted molar refractivity (Wildman–Crippen MR) is 111 cm³/mol. The van der Waals surface area contributed by atoms with Crippen molar-refractivity contribution in [2.24, 2.45) is 0 Å². The molecule has 0 bridgehead atoms. The molecule has 1 saturated heterocycles. The second kappa shape index (κ2) is 9.47. The van der Waals surface area contributed by atoms with E-state index >= 15 is 0 Å². The van der Waals surface area contributed by atoms with Gasteiger partial charge in [0.15, 0.2) is 0 Å². The lowest BCUT2D eigenvalue weighted by atomic mass is 10.2. The van der Waals surface area contributed by atoms with Crippen molar-refractivity contribution in [2.45, 2.75) is 6.61 Å². The van der Waals surface area contributed by atoms with Gasteiger partial charge in [0.2, 0.25) is 0 Å². The molecule has 1 fully saturated rings. The first-order valence-electron chi connectivity index (χ1n) is 9.83. The van der Waals surface area contributed by atoms with Crippen molar-refractivity contribution in [1.82, 2.24) is 25.2 Å². The lowest BCUT2D eigenvalue weighted by molar-refractivity contribution is 0.0383. The van der Waals surface area contributed by atoms with E-state index in [0.717, 1.165) is 32.8 Å². The number of H-pyrrole nitrogens is 1. The molecule has 2 N–H and O–H groups in total. The summed E-state index contributed by atoms with van der Waals surface area (Å²) < 4.78 is 11.1. The zero-order valence-corrected chi connectivity index (χ0v) is 16.5. The number of aromatic nitrogens is 3. The second-order valence-electron chi connectivity index (χ2n) is 6.93. The van der Waals surface area contributed by atoms with Crippen LogP contribution in [0.5, 0.6) is 5.75 Å². The molecule has 156 valence electrons. The summed E-state index contributed by atoms with van der Waals surface area (Å²) in [6.45, 7) is 4.69. The van der Waals surface area contributed by atoms with Crippen molar-refractivity contribution < 1.29 is 14.3 Å². The number of fused-ring (bicyclic) bond motifs is 1. The third kappa shape index (κ3) is 5.00. The molecule has 1 aliphatic rings. The van der Waals surface area contributed by atoms with E-state index in [2.05, 4.69) is 25.2 Å². The summed E-state index contributed by atoms with van der Waals surface area (Å²) in [5.74, 6) is 0.752. The van der Waals surface area contributed by atoms with Crippen LogP contribution in [0, 0.1) is 0 Å². The Bertz CT molecular complexity index is 1080. The molecule has 0 spiro atoms. The van der Waals surface area contributed by atoms with E-state index in [4.69, 9.17) is 9.47 Å². The average Bonchev–Trinajstić information content (AvgIpc) is 2.78. The fourth-order valence-electron chi connectivity index (χ4n) is 3.24. The first kappa shape index (κ1) is 20.0. The molecule has 30 heavy (non-hydrogen) atoms. The van der Waals surface area contributed by atoms with Gasteiger partial charge in [-0.3, -0.25) is 19.5 Å². The summed E-state index contributed by atoms with van der Waals surface area (Å²) >= 11 is 0. The average molecular weight is 409 g/mol. The number of hydrogen-bond acceptors (Lipinski definition) is 7. The molecule has 3 aromatic rings. The molecule has 0 saturated carbocycles. The van der Waals surface area contributed by atoms with Crippen molar-refractivity contribution in [2.75, 3.05) is 39.4 Å². The van der Waals surface area contributed by atoms with E-state index in [-0.39, 0.29) is 18.1 Å². The smallest absolute Gasteiger partial charge is 0.258 e. The Hall–Kier alpha value is -3.30. The van der Waals surface area contributed by atoms with Crippen LogP contribution in [0.3, 0.4) is 0 Å². The Morgan fingerprint density at radius 2 is 2.13 bits per heavy atom. The number of carbonyl (C=O) groups is 1. The number of nitrogens with zero attached hydrogens (tertiary/aromatic N) is 3. The highest BCUT2D eigenvalue weighted by atomic mass is 16.5. The summed E-state index contributed by atoms with van der Waals surface area (Å²) in [5.41, 5.74) is 0.779. The van der Waals surface area contributed by atoms with Gasteiger partial charge < -0.3 is 19.8 Å². The Kier molecular flexibility index (Phi) is 6.31. The molecule has 1 amide bonds. The monoisotopic (exact) mass is 409 g/mol. The largest absolute Gasteiger partial charge is 0.486 e. The molecule has 0 unspecified atom stereocenters. The van der Waals surface area contributed by atoms with E-state index in [9.17, 15) is 9.59 Å². The number of nitrogens with one attached hydrogen (secondary N) is 2. The van der Waals surface area contributed by atoms with Crippen LogP contribution < -0.4 is 15.6 Å². The summed E-state index contributed by atoms with van der Waals surface area (Å²) in [4.78, 5) is 37.9. The van der Waals surface area contributed by atoms with E-state index < -0.39 is 0 Å². The molecular formula is C21H23N5O4. The quantitative estimate of drug-likeness (QED) is 0.598. The number of rotatable bonds is 7. The van der Waals surface area contributed by atoms with Crippen LogP contribution in [0.2, 0.25) is 0 Å². The van der Waals surface area contributed by atoms with Crippen LogP contribution in [-0.4, -0.2) is 65.2 Å². The maximum Gasteiger partial charge on any atom is 0.258 e. The van der Waals surface area contributed by atoms with Gasteiger partial charge in [0.05, 0.1) is 30.3 Å². The second-order valence-corrected chi connectivity index (χ2v) is 6.93. The van der Waals surface area contributed by atoms with Gasteiger partial charge in [0.1, 0.15) is 18.2 Å². The Labute approximate surface area is 173 Å². The highest BCUT2D eigenvalue weighted by Crippen LogP contribution is 2.15. The fraction of sp³-hybridized carbons (Fsp3) is 0.333. The van der Waals surface area contributed by atoms with Crippen molar-refractivity contribution in [3.05, 3.63) is 64.5 Å². The Morgan fingerprint density at radius 3 is 3.00 bits per heavy atom. The number of carbonyl (C=O) groups excluding carboxylic acids is 1. The fourth-order valence-corrected chi connectivity index (χ4v) is 3.24. The molecule has 0 atom stereocenters. The van der Waals surface area contributed by atoms with Crippen LogP contribution in [-0.2, 0) is 11.3 Å². The highest BCUT2D eigenvalue weighted by Gasteiger charge is 2.12. The molecule has 1 aliphatic heterocycles. The first-order chi connectivity index (χ1) is 14.7. The third-order valence-electron chi connectivity index (χ3n) is 4.85. The summed E-state index contributed by atoms with van der Waals surface area (Å²) in [6.07, 6.45) is 3.09. The van der Waals surface area contributed by atoms with E-state index in [1.165, 1.54) is 6.20 Å². The van der Waals surface area contributed by atoms with Gasteiger partial charge in [-0.1, -0.05) is 6.07 Å². The third-order valence-corrected chi connectivity index (χ3v) is 4.85. The summed E-state index contributed by atoms with van der Waals surface area (Å²) in [7, 11) is 0. The lowest BCUT2D eigenvalue weighted by Crippen LogP contribution is -2.41. The van der Waals surface area contributed by atoms with Crippen LogP contribution >= 0.6 is 0 Å². The van der Waals surface area contributed by atoms with E-state index in [0.29, 0.717) is 34.6 Å². The van der Waals surface area contributed by atoms with Gasteiger partial charge >= 0.3 is 0 Å². The molecule has 2 aromatic heterocycles. The molecule has 0 aliphatic carbocycles. The minimum Gasteiger partial charge on any atom is -0.486 e. The van der Waals surface area contributed by atoms with Crippen LogP contribution in [0.15, 0.2) is 47.5 Å². The van der Waals surface area contributed by atoms with Gasteiger partial charge in [0, 0.05) is 37.9 Å². The van der Waals surface area contributed by atoms with Crippen molar-refractivity contribution in [1.29, 1.82) is 0 Å². The summed E-state index contributed by atoms with van der Waals surface area (Å²) in [5, 5.41) is 3.41. The van der Waals surface area contributed by atoms with E-state index in [1.54, 1.807) is 36.5 Å². The van der Waals surface area contributed by atoms with Gasteiger partial charge in [-0.05, 0) is 24.3 Å². The predicted octanol–water partition coefficient (Wildman–Crippen LogP) is 0.959. The SMILES string of the molecule is O=C(NCCN1CCOCC1)c1cccc(OCc2nc3cnccc3c(=O)[nH]2)c1.